The molecule has 38 heavy (non-hydrogen) atoms. The molecule has 5 nitrogen and oxygen atoms in total. The van der Waals surface area contributed by atoms with E-state index in [1.165, 1.54) is 31.4 Å². The molecule has 2 bridgehead atoms. The van der Waals surface area contributed by atoms with Crippen LogP contribution in [-0.4, -0.2) is 32.0 Å². The Kier molecular flexibility index (Phi) is 8.87. The van der Waals surface area contributed by atoms with Gasteiger partial charge in [0.05, 0.1) is 25.4 Å². The van der Waals surface area contributed by atoms with E-state index in [0.29, 0.717) is 25.0 Å². The van der Waals surface area contributed by atoms with Gasteiger partial charge in [-0.25, -0.2) is 4.39 Å². The predicted octanol–water partition coefficient (Wildman–Crippen LogP) is 6.61. The van der Waals surface area contributed by atoms with Crippen LogP contribution in [-0.2, 0) is 37.3 Å². The van der Waals surface area contributed by atoms with E-state index in [1.54, 1.807) is 6.21 Å². The molecule has 0 radical (unpaired) electrons. The fourth-order valence-electron chi connectivity index (χ4n) is 5.49. The molecule has 0 amide bonds. The third-order valence-electron chi connectivity index (χ3n) is 7.50. The Morgan fingerprint density at radius 1 is 1.13 bits per heavy atom. The van der Waals surface area contributed by atoms with Gasteiger partial charge in [0.1, 0.15) is 12.4 Å². The first-order valence-electron chi connectivity index (χ1n) is 12.6. The molecule has 1 heterocycles. The number of ether oxygens (including phenoxy) is 2. The number of halogens is 4. The van der Waals surface area contributed by atoms with E-state index < -0.39 is 11.7 Å². The SMILES string of the molecule is COC(=O)CCC/C=C\C[C@H]1[C@H](C=NOCc2ccc(C(F)(F)F)cc2)[C@@H]2C[C@@]1(c1ccc(F)cc1)CO2. The number of allylic oxidation sites excluding steroid dienone is 2. The molecular formula is C29H31F4NO4. The highest BCUT2D eigenvalue weighted by Crippen LogP contribution is 2.56. The lowest BCUT2D eigenvalue weighted by atomic mass is 9.69. The minimum Gasteiger partial charge on any atom is -0.469 e. The van der Waals surface area contributed by atoms with Crippen molar-refractivity contribution in [2.24, 2.45) is 17.0 Å². The van der Waals surface area contributed by atoms with Crippen LogP contribution < -0.4 is 0 Å². The van der Waals surface area contributed by atoms with Gasteiger partial charge in [-0.3, -0.25) is 4.79 Å². The van der Waals surface area contributed by atoms with Gasteiger partial charge in [-0.1, -0.05) is 41.6 Å². The fourth-order valence-corrected chi connectivity index (χ4v) is 5.49. The van der Waals surface area contributed by atoms with Gasteiger partial charge < -0.3 is 14.3 Å². The molecule has 0 unspecified atom stereocenters. The zero-order valence-electron chi connectivity index (χ0n) is 21.1. The van der Waals surface area contributed by atoms with Crippen LogP contribution in [0.5, 0.6) is 0 Å². The van der Waals surface area contributed by atoms with Crippen LogP contribution in [0.3, 0.4) is 0 Å². The van der Waals surface area contributed by atoms with Crippen molar-refractivity contribution >= 4 is 12.2 Å². The molecule has 1 saturated heterocycles. The van der Waals surface area contributed by atoms with Gasteiger partial charge >= 0.3 is 12.1 Å². The number of fused-ring (bicyclic) bond motifs is 2. The Bertz CT molecular complexity index is 1130. The van der Waals surface area contributed by atoms with Crippen molar-refractivity contribution < 1.29 is 36.7 Å². The van der Waals surface area contributed by atoms with Gasteiger partial charge in [-0.05, 0) is 67.0 Å². The number of esters is 1. The molecule has 0 spiro atoms. The van der Waals surface area contributed by atoms with Gasteiger partial charge in [0, 0.05) is 24.0 Å². The summed E-state index contributed by atoms with van der Waals surface area (Å²) >= 11 is 0. The normalized spacial score (nSPS) is 24.9. The summed E-state index contributed by atoms with van der Waals surface area (Å²) in [6.45, 7) is 0.571. The summed E-state index contributed by atoms with van der Waals surface area (Å²) in [5, 5.41) is 4.15. The lowest BCUT2D eigenvalue weighted by Gasteiger charge is -2.37. The molecule has 2 aromatic rings. The first-order chi connectivity index (χ1) is 18.2. The Labute approximate surface area is 219 Å². The van der Waals surface area contributed by atoms with Crippen LogP contribution in [0.25, 0.3) is 0 Å². The summed E-state index contributed by atoms with van der Waals surface area (Å²) in [4.78, 5) is 16.7. The number of hydrogen-bond acceptors (Lipinski definition) is 5. The third kappa shape index (κ3) is 6.43. The van der Waals surface area contributed by atoms with Crippen molar-refractivity contribution in [2.45, 2.75) is 56.4 Å². The minimum atomic E-state index is -4.38. The number of hydrogen-bond donors (Lipinski definition) is 0. The van der Waals surface area contributed by atoms with E-state index in [0.717, 1.165) is 37.0 Å². The highest BCUT2D eigenvalue weighted by molar-refractivity contribution is 5.69. The topological polar surface area (TPSA) is 57.1 Å². The van der Waals surface area contributed by atoms with Crippen molar-refractivity contribution in [3.8, 4) is 0 Å². The molecule has 1 aliphatic heterocycles. The average molecular weight is 534 g/mol. The standard InChI is InChI=1S/C29H31F4NO4/c1-36-27(35)7-5-3-2-4-6-25-24(17-34-38-18-20-8-10-22(11-9-20)29(31,32)33)26-16-28(25,19-37-26)21-12-14-23(30)15-13-21/h2,4,8-15,17,24-26H,3,5-7,16,18-19H2,1H3/b4-2-,34-17?/t24-,25-,26-,28-/m0/s1. The molecule has 0 N–H and O–H groups in total. The maximum atomic E-state index is 13.6. The van der Waals surface area contributed by atoms with Crippen LogP contribution in [0, 0.1) is 17.7 Å². The maximum absolute atomic E-state index is 13.6. The zero-order valence-corrected chi connectivity index (χ0v) is 21.1. The number of carbonyl (C=O) groups is 1. The molecule has 2 aliphatic rings. The molecular weight excluding hydrogens is 502 g/mol. The molecule has 204 valence electrons. The van der Waals surface area contributed by atoms with Gasteiger partial charge in [0.15, 0.2) is 0 Å². The van der Waals surface area contributed by atoms with Crippen LogP contribution in [0.15, 0.2) is 65.8 Å². The summed E-state index contributed by atoms with van der Waals surface area (Å²) < 4.78 is 62.7. The quantitative estimate of drug-likeness (QED) is 0.0815. The lowest BCUT2D eigenvalue weighted by molar-refractivity contribution is -0.140. The van der Waals surface area contributed by atoms with Crippen molar-refractivity contribution in [1.29, 1.82) is 0 Å². The van der Waals surface area contributed by atoms with E-state index in [2.05, 4.69) is 22.0 Å². The summed E-state index contributed by atoms with van der Waals surface area (Å²) in [5.41, 5.74) is 0.593. The molecule has 1 aliphatic carbocycles. The number of alkyl halides is 3. The molecule has 4 rings (SSSR count). The zero-order chi connectivity index (χ0) is 27.2. The van der Waals surface area contributed by atoms with E-state index >= 15 is 0 Å². The second kappa shape index (κ2) is 12.1. The Hall–Kier alpha value is -3.20. The predicted molar refractivity (Wildman–Crippen MR) is 134 cm³/mol. The van der Waals surface area contributed by atoms with Crippen molar-refractivity contribution in [3.63, 3.8) is 0 Å². The number of nitrogens with zero attached hydrogens (tertiary/aromatic N) is 1. The number of unbranched alkanes of at least 4 members (excludes halogenated alkanes) is 1. The van der Waals surface area contributed by atoms with Gasteiger partial charge in [-0.2, -0.15) is 13.2 Å². The number of benzene rings is 2. The molecule has 1 saturated carbocycles. The number of oxime groups is 1. The van der Waals surface area contributed by atoms with Crippen molar-refractivity contribution in [1.82, 2.24) is 0 Å². The van der Waals surface area contributed by atoms with Gasteiger partial charge in [-0.15, -0.1) is 0 Å². The van der Waals surface area contributed by atoms with E-state index in [9.17, 15) is 22.4 Å². The van der Waals surface area contributed by atoms with Crippen LogP contribution in [0.4, 0.5) is 17.6 Å². The Balaban J connectivity index is 1.43. The highest BCUT2D eigenvalue weighted by atomic mass is 19.4. The largest absolute Gasteiger partial charge is 0.469 e. The number of methoxy groups -OCH3 is 1. The van der Waals surface area contributed by atoms with Crippen LogP contribution in [0.2, 0.25) is 0 Å². The summed E-state index contributed by atoms with van der Waals surface area (Å²) in [5.74, 6) is -0.454. The van der Waals surface area contributed by atoms with Crippen molar-refractivity contribution in [2.75, 3.05) is 13.7 Å². The summed E-state index contributed by atoms with van der Waals surface area (Å²) in [6, 6.07) is 11.3. The Morgan fingerprint density at radius 3 is 2.55 bits per heavy atom. The number of carbonyl (C=O) groups excluding carboxylic acids is 1. The molecule has 9 heteroatoms. The highest BCUT2D eigenvalue weighted by Gasteiger charge is 2.58. The summed E-state index contributed by atoms with van der Waals surface area (Å²) in [7, 11) is 1.37. The van der Waals surface area contributed by atoms with Gasteiger partial charge in [0.25, 0.3) is 0 Å². The summed E-state index contributed by atoms with van der Waals surface area (Å²) in [6.07, 6.45) is 4.77. The van der Waals surface area contributed by atoms with E-state index in [-0.39, 0.29) is 41.7 Å². The van der Waals surface area contributed by atoms with Gasteiger partial charge in [0.2, 0.25) is 0 Å². The first-order valence-corrected chi connectivity index (χ1v) is 12.6. The monoisotopic (exact) mass is 533 g/mol. The second-order valence-corrected chi connectivity index (χ2v) is 9.80. The maximum Gasteiger partial charge on any atom is 0.416 e. The molecule has 4 atom stereocenters. The fraction of sp³-hybridized carbons (Fsp3) is 0.448. The van der Waals surface area contributed by atoms with E-state index in [1.807, 2.05) is 12.1 Å². The Morgan fingerprint density at radius 2 is 1.87 bits per heavy atom. The van der Waals surface area contributed by atoms with Crippen LogP contribution in [0.1, 0.15) is 48.8 Å². The molecule has 2 fully saturated rings. The minimum absolute atomic E-state index is 0.0424. The lowest BCUT2D eigenvalue weighted by Crippen LogP contribution is -2.40. The molecule has 0 aromatic heterocycles. The second-order valence-electron chi connectivity index (χ2n) is 9.80. The van der Waals surface area contributed by atoms with Crippen LogP contribution >= 0.6 is 0 Å². The van der Waals surface area contributed by atoms with E-state index in [4.69, 9.17) is 9.57 Å². The third-order valence-corrected chi connectivity index (χ3v) is 7.50. The first kappa shape index (κ1) is 27.8. The average Bonchev–Trinajstić information content (AvgIpc) is 3.46. The smallest absolute Gasteiger partial charge is 0.416 e. The van der Waals surface area contributed by atoms with Crippen molar-refractivity contribution in [3.05, 3.63) is 83.2 Å². The number of rotatable bonds is 11. The molecule has 2 aromatic carbocycles.